The molecular weight excluding hydrogens is 304 g/mol. The molecule has 2 nitrogen and oxygen atoms in total. The average Bonchev–Trinajstić information content (AvgIpc) is 2.58. The molecule has 0 radical (unpaired) electrons. The van der Waals surface area contributed by atoms with Gasteiger partial charge in [0.1, 0.15) is 0 Å². The quantitative estimate of drug-likeness (QED) is 0.732. The Kier molecular flexibility index (Phi) is 5.60. The lowest BCUT2D eigenvalue weighted by Crippen LogP contribution is -2.52. The van der Waals surface area contributed by atoms with Crippen LogP contribution >= 0.6 is 0 Å². The number of hydrogen-bond acceptors (Lipinski definition) is 2. The predicted octanol–water partition coefficient (Wildman–Crippen LogP) is 4.76. The van der Waals surface area contributed by atoms with Crippen molar-refractivity contribution in [2.24, 2.45) is 17.1 Å². The van der Waals surface area contributed by atoms with Crippen molar-refractivity contribution in [1.82, 2.24) is 5.32 Å². The highest BCUT2D eigenvalue weighted by Gasteiger charge is 2.51. The summed E-state index contributed by atoms with van der Waals surface area (Å²) in [4.78, 5) is 0. The Morgan fingerprint density at radius 2 is 2.04 bits per heavy atom. The van der Waals surface area contributed by atoms with Crippen LogP contribution in [0, 0.1) is 11.3 Å². The monoisotopic (exact) mass is 342 g/mol. The van der Waals surface area contributed by atoms with Crippen molar-refractivity contribution in [3.63, 3.8) is 0 Å². The normalized spacial score (nSPS) is 31.7. The molecule has 1 fully saturated rings. The van der Waals surface area contributed by atoms with Gasteiger partial charge in [-0.2, -0.15) is 0 Å². The minimum Gasteiger partial charge on any atom is -0.330 e. The van der Waals surface area contributed by atoms with E-state index in [9.17, 15) is 0 Å². The second-order valence-electron chi connectivity index (χ2n) is 9.41. The van der Waals surface area contributed by atoms with Crippen molar-refractivity contribution in [2.45, 2.75) is 77.6 Å². The summed E-state index contributed by atoms with van der Waals surface area (Å²) in [6.45, 7) is 12.7. The van der Waals surface area contributed by atoms with Crippen molar-refractivity contribution in [1.29, 1.82) is 0 Å². The van der Waals surface area contributed by atoms with Gasteiger partial charge in [0, 0.05) is 6.54 Å². The molecule has 3 rings (SSSR count). The molecule has 140 valence electrons. The Labute approximate surface area is 155 Å². The lowest BCUT2D eigenvalue weighted by molar-refractivity contribution is 0.0260. The van der Waals surface area contributed by atoms with Crippen molar-refractivity contribution in [2.75, 3.05) is 19.6 Å². The third-order valence-electron chi connectivity index (χ3n) is 7.25. The molecule has 1 saturated carbocycles. The van der Waals surface area contributed by atoms with Gasteiger partial charge in [0.2, 0.25) is 0 Å². The highest BCUT2D eigenvalue weighted by atomic mass is 14.9. The van der Waals surface area contributed by atoms with Crippen molar-refractivity contribution in [3.05, 3.63) is 34.9 Å². The fourth-order valence-corrected chi connectivity index (χ4v) is 5.82. The zero-order chi connectivity index (χ0) is 18.1. The molecule has 25 heavy (non-hydrogen) atoms. The summed E-state index contributed by atoms with van der Waals surface area (Å²) >= 11 is 0. The molecule has 1 aromatic rings. The van der Waals surface area contributed by atoms with Gasteiger partial charge in [-0.25, -0.2) is 0 Å². The number of nitrogens with two attached hydrogens (primary N) is 1. The first-order chi connectivity index (χ1) is 11.9. The van der Waals surface area contributed by atoms with E-state index in [1.807, 2.05) is 0 Å². The molecule has 1 aromatic carbocycles. The number of fused-ring (bicyclic) bond motifs is 3. The van der Waals surface area contributed by atoms with Crippen LogP contribution in [-0.2, 0) is 11.8 Å². The van der Waals surface area contributed by atoms with Crippen LogP contribution in [0.2, 0.25) is 0 Å². The summed E-state index contributed by atoms with van der Waals surface area (Å²) < 4.78 is 0. The van der Waals surface area contributed by atoms with Crippen molar-refractivity contribution >= 4 is 0 Å². The van der Waals surface area contributed by atoms with Gasteiger partial charge in [0.05, 0.1) is 0 Å². The molecule has 0 spiro atoms. The zero-order valence-electron chi connectivity index (χ0n) is 16.8. The second kappa shape index (κ2) is 7.40. The molecule has 0 bridgehead atoms. The number of benzene rings is 1. The van der Waals surface area contributed by atoms with Crippen LogP contribution in [0.4, 0.5) is 0 Å². The molecule has 0 saturated heterocycles. The second-order valence-corrected chi connectivity index (χ2v) is 9.41. The fourth-order valence-electron chi connectivity index (χ4n) is 5.82. The van der Waals surface area contributed by atoms with E-state index >= 15 is 0 Å². The van der Waals surface area contributed by atoms with Crippen LogP contribution in [0.25, 0.3) is 0 Å². The van der Waals surface area contributed by atoms with Gasteiger partial charge in [-0.15, -0.1) is 0 Å². The van der Waals surface area contributed by atoms with Crippen LogP contribution in [0.3, 0.4) is 0 Å². The highest BCUT2D eigenvalue weighted by Crippen LogP contribution is 2.57. The van der Waals surface area contributed by atoms with Crippen LogP contribution in [-0.4, -0.2) is 19.6 Å². The van der Waals surface area contributed by atoms with E-state index in [0.29, 0.717) is 16.7 Å². The maximum atomic E-state index is 5.65. The molecule has 0 amide bonds. The molecule has 3 unspecified atom stereocenters. The summed E-state index contributed by atoms with van der Waals surface area (Å²) in [5, 5.41) is 3.71. The van der Waals surface area contributed by atoms with E-state index in [-0.39, 0.29) is 0 Å². The minimum atomic E-state index is 0.353. The van der Waals surface area contributed by atoms with E-state index < -0.39 is 0 Å². The maximum Gasteiger partial charge on any atom is 0.000815 e. The highest BCUT2D eigenvalue weighted by molar-refractivity contribution is 5.42. The summed E-state index contributed by atoms with van der Waals surface area (Å²) in [6.07, 6.45) is 7.76. The van der Waals surface area contributed by atoms with Gasteiger partial charge in [-0.3, -0.25) is 0 Å². The van der Waals surface area contributed by atoms with Crippen LogP contribution < -0.4 is 11.1 Å². The molecule has 0 aromatic heterocycles. The number of nitrogens with one attached hydrogen (secondary N) is 1. The van der Waals surface area contributed by atoms with E-state index in [0.717, 1.165) is 32.0 Å². The van der Waals surface area contributed by atoms with Crippen molar-refractivity contribution in [3.8, 4) is 0 Å². The van der Waals surface area contributed by atoms with E-state index in [4.69, 9.17) is 5.73 Å². The predicted molar refractivity (Wildman–Crippen MR) is 108 cm³/mol. The lowest BCUT2D eigenvalue weighted by Gasteiger charge is -2.55. The van der Waals surface area contributed by atoms with Crippen LogP contribution in [0.1, 0.15) is 82.4 Å². The molecule has 3 atom stereocenters. The van der Waals surface area contributed by atoms with Gasteiger partial charge < -0.3 is 11.1 Å². The molecule has 2 aliphatic rings. The molecule has 0 heterocycles. The first kappa shape index (κ1) is 18.9. The largest absolute Gasteiger partial charge is 0.330 e. The summed E-state index contributed by atoms with van der Waals surface area (Å²) in [7, 11) is 0. The topological polar surface area (TPSA) is 38.0 Å². The maximum absolute atomic E-state index is 5.65. The first-order valence-corrected chi connectivity index (χ1v) is 10.4. The standard InChI is InChI=1S/C23H38N2/c1-17(2)18-7-9-20-19(15-18)8-10-21-22(3,16-25-14-6-13-24)11-5-12-23(20,21)4/h7,9,15,17,21,25H,5-6,8,10-14,16,24H2,1-4H3. The van der Waals surface area contributed by atoms with E-state index in [2.05, 4.69) is 51.2 Å². The Bertz CT molecular complexity index is 594. The molecular formula is C23H38N2. The zero-order valence-corrected chi connectivity index (χ0v) is 16.8. The Balaban J connectivity index is 1.85. The van der Waals surface area contributed by atoms with Crippen LogP contribution in [0.15, 0.2) is 18.2 Å². The third kappa shape index (κ3) is 3.53. The summed E-state index contributed by atoms with van der Waals surface area (Å²) in [5.74, 6) is 1.41. The van der Waals surface area contributed by atoms with Gasteiger partial charge in [0.25, 0.3) is 0 Å². The van der Waals surface area contributed by atoms with Crippen LogP contribution in [0.5, 0.6) is 0 Å². The summed E-state index contributed by atoms with van der Waals surface area (Å²) in [6, 6.07) is 7.37. The minimum absolute atomic E-state index is 0.353. The van der Waals surface area contributed by atoms with Gasteiger partial charge >= 0.3 is 0 Å². The number of rotatable bonds is 6. The number of aryl methyl sites for hydroxylation is 1. The smallest absolute Gasteiger partial charge is 0.000815 e. The average molecular weight is 343 g/mol. The molecule has 2 aliphatic carbocycles. The molecule has 0 aliphatic heterocycles. The first-order valence-electron chi connectivity index (χ1n) is 10.4. The van der Waals surface area contributed by atoms with Gasteiger partial charge in [-0.05, 0) is 84.5 Å². The Morgan fingerprint density at radius 1 is 1.24 bits per heavy atom. The summed E-state index contributed by atoms with van der Waals surface area (Å²) in [5.41, 5.74) is 11.2. The van der Waals surface area contributed by atoms with Crippen molar-refractivity contribution < 1.29 is 0 Å². The van der Waals surface area contributed by atoms with E-state index in [1.165, 1.54) is 37.7 Å². The number of hydrogen-bond donors (Lipinski definition) is 2. The SMILES string of the molecule is CC(C)c1ccc2c(c1)CCC1C(C)(CNCCCN)CCCC21C. The molecule has 2 heteroatoms. The Hall–Kier alpha value is -0.860. The van der Waals surface area contributed by atoms with Gasteiger partial charge in [-0.1, -0.05) is 52.3 Å². The third-order valence-corrected chi connectivity index (χ3v) is 7.25. The Morgan fingerprint density at radius 3 is 2.76 bits per heavy atom. The van der Waals surface area contributed by atoms with Gasteiger partial charge in [0.15, 0.2) is 0 Å². The van der Waals surface area contributed by atoms with E-state index in [1.54, 1.807) is 11.1 Å². The molecule has 3 N–H and O–H groups in total. The fraction of sp³-hybridized carbons (Fsp3) is 0.739. The lowest BCUT2D eigenvalue weighted by atomic mass is 9.49.